The summed E-state index contributed by atoms with van der Waals surface area (Å²) in [7, 11) is 0. The molecule has 7 heteroatoms. The number of nitrogens with zero attached hydrogens (tertiary/aromatic N) is 2. The Morgan fingerprint density at radius 3 is 2.85 bits per heavy atom. The minimum Gasteiger partial charge on any atom is -0.492 e. The van der Waals surface area contributed by atoms with E-state index in [0.29, 0.717) is 25.4 Å². The number of likely N-dealkylation sites (tertiary alicyclic amines) is 1. The SMILES string of the molecule is O=C(NCCOc1ccc(F)cc1)[C@H]1CC(=O)N(Cc2cccnc2)C1. The lowest BCUT2D eigenvalue weighted by Gasteiger charge is -2.16. The Kier molecular flexibility index (Phi) is 5.78. The number of aromatic nitrogens is 1. The smallest absolute Gasteiger partial charge is 0.225 e. The molecule has 0 unspecified atom stereocenters. The molecule has 1 fully saturated rings. The van der Waals surface area contributed by atoms with Crippen LogP contribution >= 0.6 is 0 Å². The molecule has 1 saturated heterocycles. The van der Waals surface area contributed by atoms with Gasteiger partial charge in [-0.05, 0) is 35.9 Å². The highest BCUT2D eigenvalue weighted by molar-refractivity contribution is 5.89. The third-order valence-electron chi connectivity index (χ3n) is 4.17. The third kappa shape index (κ3) is 4.78. The van der Waals surface area contributed by atoms with Gasteiger partial charge in [-0.15, -0.1) is 0 Å². The Balaban J connectivity index is 1.41. The molecule has 6 nitrogen and oxygen atoms in total. The lowest BCUT2D eigenvalue weighted by atomic mass is 10.1. The number of carbonyl (C=O) groups excluding carboxylic acids is 2. The first kappa shape index (κ1) is 17.8. The van der Waals surface area contributed by atoms with Crippen LogP contribution in [-0.2, 0) is 16.1 Å². The van der Waals surface area contributed by atoms with Crippen LogP contribution in [-0.4, -0.2) is 41.4 Å². The fourth-order valence-corrected chi connectivity index (χ4v) is 2.83. The van der Waals surface area contributed by atoms with E-state index in [-0.39, 0.29) is 36.6 Å². The summed E-state index contributed by atoms with van der Waals surface area (Å²) in [6, 6.07) is 9.41. The molecule has 0 radical (unpaired) electrons. The zero-order valence-electron chi connectivity index (χ0n) is 14.2. The molecular formula is C19H20FN3O3. The summed E-state index contributed by atoms with van der Waals surface area (Å²) in [5.74, 6) is -0.331. The molecule has 1 N–H and O–H groups in total. The summed E-state index contributed by atoms with van der Waals surface area (Å²) in [5, 5.41) is 2.78. The molecule has 2 aromatic rings. The second-order valence-electron chi connectivity index (χ2n) is 6.13. The Morgan fingerprint density at radius 2 is 2.12 bits per heavy atom. The number of carbonyl (C=O) groups is 2. The number of nitrogens with one attached hydrogen (secondary N) is 1. The van der Waals surface area contributed by atoms with Gasteiger partial charge in [0.25, 0.3) is 0 Å². The first-order valence-electron chi connectivity index (χ1n) is 8.44. The van der Waals surface area contributed by atoms with Gasteiger partial charge in [0.15, 0.2) is 0 Å². The molecule has 2 heterocycles. The van der Waals surface area contributed by atoms with Crippen LogP contribution in [0.3, 0.4) is 0 Å². The van der Waals surface area contributed by atoms with Crippen LogP contribution in [0.15, 0.2) is 48.8 Å². The quantitative estimate of drug-likeness (QED) is 0.767. The molecule has 1 aromatic heterocycles. The number of ether oxygens (including phenoxy) is 1. The molecule has 3 rings (SSSR count). The van der Waals surface area contributed by atoms with Gasteiger partial charge >= 0.3 is 0 Å². The van der Waals surface area contributed by atoms with Crippen LogP contribution in [0.4, 0.5) is 4.39 Å². The van der Waals surface area contributed by atoms with E-state index in [2.05, 4.69) is 10.3 Å². The molecule has 0 aliphatic carbocycles. The first-order chi connectivity index (χ1) is 12.6. The molecule has 26 heavy (non-hydrogen) atoms. The largest absolute Gasteiger partial charge is 0.492 e. The van der Waals surface area contributed by atoms with E-state index in [1.54, 1.807) is 17.3 Å². The monoisotopic (exact) mass is 357 g/mol. The maximum absolute atomic E-state index is 12.8. The summed E-state index contributed by atoms with van der Waals surface area (Å²) in [4.78, 5) is 30.1. The average molecular weight is 357 g/mol. The van der Waals surface area contributed by atoms with Gasteiger partial charge in [0.2, 0.25) is 11.8 Å². The Bertz CT molecular complexity index is 752. The van der Waals surface area contributed by atoms with Crippen LogP contribution in [0.1, 0.15) is 12.0 Å². The number of halogens is 1. The van der Waals surface area contributed by atoms with Crippen LogP contribution in [0.25, 0.3) is 0 Å². The molecule has 2 amide bonds. The van der Waals surface area contributed by atoms with Gasteiger partial charge < -0.3 is 15.0 Å². The first-order valence-corrected chi connectivity index (χ1v) is 8.44. The number of pyridine rings is 1. The van der Waals surface area contributed by atoms with E-state index in [1.807, 2.05) is 12.1 Å². The van der Waals surface area contributed by atoms with Crippen LogP contribution in [0, 0.1) is 11.7 Å². The molecule has 1 atom stereocenters. The van der Waals surface area contributed by atoms with Crippen LogP contribution in [0.2, 0.25) is 0 Å². The number of hydrogen-bond acceptors (Lipinski definition) is 4. The molecule has 136 valence electrons. The van der Waals surface area contributed by atoms with Crippen molar-refractivity contribution in [3.63, 3.8) is 0 Å². The molecule has 0 bridgehead atoms. The lowest BCUT2D eigenvalue weighted by molar-refractivity contribution is -0.129. The number of benzene rings is 1. The third-order valence-corrected chi connectivity index (χ3v) is 4.17. The van der Waals surface area contributed by atoms with Gasteiger partial charge in [-0.25, -0.2) is 4.39 Å². The lowest BCUT2D eigenvalue weighted by Crippen LogP contribution is -2.35. The number of rotatable bonds is 7. The zero-order chi connectivity index (χ0) is 18.4. The highest BCUT2D eigenvalue weighted by Gasteiger charge is 2.34. The van der Waals surface area contributed by atoms with Gasteiger partial charge in [-0.3, -0.25) is 14.6 Å². The molecule has 0 saturated carbocycles. The topological polar surface area (TPSA) is 71.5 Å². The molecule has 1 aromatic carbocycles. The molecule has 0 spiro atoms. The summed E-state index contributed by atoms with van der Waals surface area (Å²) < 4.78 is 18.2. The summed E-state index contributed by atoms with van der Waals surface area (Å²) in [5.41, 5.74) is 0.939. The van der Waals surface area contributed by atoms with E-state index in [4.69, 9.17) is 4.74 Å². The number of hydrogen-bond donors (Lipinski definition) is 1. The van der Waals surface area contributed by atoms with Gasteiger partial charge in [0, 0.05) is 31.9 Å². The fourth-order valence-electron chi connectivity index (χ4n) is 2.83. The van der Waals surface area contributed by atoms with Gasteiger partial charge in [-0.2, -0.15) is 0 Å². The predicted molar refractivity (Wildman–Crippen MR) is 92.7 cm³/mol. The number of amides is 2. The second-order valence-corrected chi connectivity index (χ2v) is 6.13. The Labute approximate surface area is 151 Å². The normalized spacial score (nSPS) is 16.6. The predicted octanol–water partition coefficient (Wildman–Crippen LogP) is 1.76. The van der Waals surface area contributed by atoms with Crippen molar-refractivity contribution in [3.8, 4) is 5.75 Å². The van der Waals surface area contributed by atoms with E-state index in [9.17, 15) is 14.0 Å². The maximum atomic E-state index is 12.8. The minimum absolute atomic E-state index is 0.0310. The second kappa shape index (κ2) is 8.42. The van der Waals surface area contributed by atoms with Crippen molar-refractivity contribution in [1.82, 2.24) is 15.2 Å². The molecule has 1 aliphatic heterocycles. The van der Waals surface area contributed by atoms with Crippen molar-refractivity contribution in [2.45, 2.75) is 13.0 Å². The van der Waals surface area contributed by atoms with Gasteiger partial charge in [0.1, 0.15) is 18.2 Å². The van der Waals surface area contributed by atoms with Crippen molar-refractivity contribution in [3.05, 3.63) is 60.2 Å². The van der Waals surface area contributed by atoms with E-state index < -0.39 is 0 Å². The Morgan fingerprint density at radius 1 is 1.31 bits per heavy atom. The van der Waals surface area contributed by atoms with E-state index in [1.165, 1.54) is 24.3 Å². The summed E-state index contributed by atoms with van der Waals surface area (Å²) in [6.45, 7) is 1.46. The summed E-state index contributed by atoms with van der Waals surface area (Å²) in [6.07, 6.45) is 3.61. The van der Waals surface area contributed by atoms with Crippen LogP contribution < -0.4 is 10.1 Å². The van der Waals surface area contributed by atoms with Crippen molar-refractivity contribution < 1.29 is 18.7 Å². The maximum Gasteiger partial charge on any atom is 0.225 e. The fraction of sp³-hybridized carbons (Fsp3) is 0.316. The van der Waals surface area contributed by atoms with Crippen molar-refractivity contribution in [1.29, 1.82) is 0 Å². The zero-order valence-corrected chi connectivity index (χ0v) is 14.2. The molecule has 1 aliphatic rings. The van der Waals surface area contributed by atoms with Crippen LogP contribution in [0.5, 0.6) is 5.75 Å². The van der Waals surface area contributed by atoms with Crippen molar-refractivity contribution in [2.24, 2.45) is 5.92 Å². The van der Waals surface area contributed by atoms with Crippen molar-refractivity contribution >= 4 is 11.8 Å². The average Bonchev–Trinajstić information content (AvgIpc) is 3.01. The van der Waals surface area contributed by atoms with Gasteiger partial charge in [0.05, 0.1) is 12.5 Å². The Hall–Kier alpha value is -2.96. The minimum atomic E-state index is -0.356. The highest BCUT2D eigenvalue weighted by Crippen LogP contribution is 2.20. The van der Waals surface area contributed by atoms with Gasteiger partial charge in [-0.1, -0.05) is 6.07 Å². The highest BCUT2D eigenvalue weighted by atomic mass is 19.1. The van der Waals surface area contributed by atoms with E-state index in [0.717, 1.165) is 5.56 Å². The summed E-state index contributed by atoms with van der Waals surface area (Å²) >= 11 is 0. The standard InChI is InChI=1S/C19H20FN3O3/c20-16-3-5-17(6-4-16)26-9-8-22-19(25)15-10-18(24)23(13-15)12-14-2-1-7-21-11-14/h1-7,11,15H,8-10,12-13H2,(H,22,25)/t15-/m0/s1. The van der Waals surface area contributed by atoms with Crippen molar-refractivity contribution in [2.75, 3.05) is 19.7 Å². The van der Waals surface area contributed by atoms with E-state index >= 15 is 0 Å². The molecular weight excluding hydrogens is 337 g/mol.